The predicted octanol–water partition coefficient (Wildman–Crippen LogP) is 2.50. The maximum absolute atomic E-state index is 11.9. The van der Waals surface area contributed by atoms with Gasteiger partial charge in [-0.25, -0.2) is 13.1 Å². The Bertz CT molecular complexity index is 555. The fourth-order valence-corrected chi connectivity index (χ4v) is 3.66. The largest absolute Gasteiger partial charge is 0.382 e. The summed E-state index contributed by atoms with van der Waals surface area (Å²) in [5.74, 6) is 0.644. The molecule has 1 aromatic rings. The molecule has 0 amide bonds. The van der Waals surface area contributed by atoms with Crippen LogP contribution in [0, 0.1) is 12.8 Å². The van der Waals surface area contributed by atoms with Crippen molar-refractivity contribution in [2.24, 2.45) is 5.92 Å². The summed E-state index contributed by atoms with van der Waals surface area (Å²) < 4.78 is 26.2. The van der Waals surface area contributed by atoms with Gasteiger partial charge in [0.2, 0.25) is 10.0 Å². The second kappa shape index (κ2) is 5.51. The molecule has 1 saturated carbocycles. The normalized spacial score (nSPS) is 23.5. The highest BCUT2D eigenvalue weighted by Gasteiger charge is 2.23. The van der Waals surface area contributed by atoms with Crippen molar-refractivity contribution >= 4 is 15.7 Å². The van der Waals surface area contributed by atoms with E-state index in [2.05, 4.69) is 17.0 Å². The minimum atomic E-state index is -3.39. The van der Waals surface area contributed by atoms with Crippen molar-refractivity contribution in [3.8, 4) is 0 Å². The lowest BCUT2D eigenvalue weighted by atomic mass is 10.1. The van der Waals surface area contributed by atoms with Crippen LogP contribution in [0.5, 0.6) is 0 Å². The van der Waals surface area contributed by atoms with Crippen LogP contribution < -0.4 is 10.0 Å². The first-order valence-corrected chi connectivity index (χ1v) is 8.23. The number of sulfonamides is 1. The van der Waals surface area contributed by atoms with E-state index >= 15 is 0 Å². The first-order valence-electron chi connectivity index (χ1n) is 6.75. The SMILES string of the molecule is CNS(=O)(=O)c1cc(NC2CCCC2C)ccc1C. The summed E-state index contributed by atoms with van der Waals surface area (Å²) in [5.41, 5.74) is 1.65. The fraction of sp³-hybridized carbons (Fsp3) is 0.571. The zero-order valence-corrected chi connectivity index (χ0v) is 12.5. The topological polar surface area (TPSA) is 58.2 Å². The van der Waals surface area contributed by atoms with Gasteiger partial charge in [-0.2, -0.15) is 0 Å². The average Bonchev–Trinajstić information content (AvgIpc) is 2.77. The quantitative estimate of drug-likeness (QED) is 0.892. The monoisotopic (exact) mass is 282 g/mol. The van der Waals surface area contributed by atoms with Gasteiger partial charge in [-0.05, 0) is 50.4 Å². The Morgan fingerprint density at radius 3 is 2.58 bits per heavy atom. The van der Waals surface area contributed by atoms with Crippen LogP contribution in [-0.2, 0) is 10.0 Å². The second-order valence-corrected chi connectivity index (χ2v) is 7.20. The molecule has 0 heterocycles. The zero-order valence-electron chi connectivity index (χ0n) is 11.7. The van der Waals surface area contributed by atoms with Crippen LogP contribution in [0.1, 0.15) is 31.7 Å². The lowest BCUT2D eigenvalue weighted by Crippen LogP contribution is -2.23. The molecule has 2 N–H and O–H groups in total. The van der Waals surface area contributed by atoms with E-state index in [9.17, 15) is 8.42 Å². The van der Waals surface area contributed by atoms with Gasteiger partial charge in [0, 0.05) is 11.7 Å². The minimum Gasteiger partial charge on any atom is -0.382 e. The number of benzene rings is 1. The smallest absolute Gasteiger partial charge is 0.240 e. The summed E-state index contributed by atoms with van der Waals surface area (Å²) in [6.07, 6.45) is 3.64. The molecule has 1 fully saturated rings. The molecular weight excluding hydrogens is 260 g/mol. The first kappa shape index (κ1) is 14.3. The van der Waals surface area contributed by atoms with Crippen molar-refractivity contribution in [1.29, 1.82) is 0 Å². The van der Waals surface area contributed by atoms with Crippen LogP contribution in [0.15, 0.2) is 23.1 Å². The zero-order chi connectivity index (χ0) is 14.0. The third kappa shape index (κ3) is 3.09. The van der Waals surface area contributed by atoms with E-state index in [0.29, 0.717) is 16.9 Å². The number of anilines is 1. The van der Waals surface area contributed by atoms with Gasteiger partial charge in [0.05, 0.1) is 4.90 Å². The van der Waals surface area contributed by atoms with E-state index in [4.69, 9.17) is 0 Å². The summed E-state index contributed by atoms with van der Waals surface area (Å²) in [6, 6.07) is 5.99. The highest BCUT2D eigenvalue weighted by Crippen LogP contribution is 2.29. The molecule has 1 aromatic carbocycles. The van der Waals surface area contributed by atoms with Gasteiger partial charge < -0.3 is 5.32 Å². The number of nitrogens with one attached hydrogen (secondary N) is 2. The average molecular weight is 282 g/mol. The van der Waals surface area contributed by atoms with E-state index in [1.165, 1.54) is 19.9 Å². The van der Waals surface area contributed by atoms with Crippen LogP contribution in [0.4, 0.5) is 5.69 Å². The van der Waals surface area contributed by atoms with Crippen LogP contribution in [0.3, 0.4) is 0 Å². The molecule has 0 aliphatic heterocycles. The summed E-state index contributed by atoms with van der Waals surface area (Å²) in [7, 11) is -1.95. The van der Waals surface area contributed by atoms with Crippen LogP contribution in [0.25, 0.3) is 0 Å². The van der Waals surface area contributed by atoms with Gasteiger partial charge in [-0.3, -0.25) is 0 Å². The van der Waals surface area contributed by atoms with Gasteiger partial charge in [0.1, 0.15) is 0 Å². The third-order valence-electron chi connectivity index (χ3n) is 3.96. The van der Waals surface area contributed by atoms with Crippen molar-refractivity contribution in [3.63, 3.8) is 0 Å². The Labute approximate surface area is 115 Å². The number of hydrogen-bond donors (Lipinski definition) is 2. The lowest BCUT2D eigenvalue weighted by Gasteiger charge is -2.19. The van der Waals surface area contributed by atoms with Crippen LogP contribution in [0.2, 0.25) is 0 Å². The summed E-state index contributed by atoms with van der Waals surface area (Å²) >= 11 is 0. The van der Waals surface area contributed by atoms with Gasteiger partial charge in [0.25, 0.3) is 0 Å². The molecule has 19 heavy (non-hydrogen) atoms. The summed E-state index contributed by atoms with van der Waals surface area (Å²) in [5, 5.41) is 3.46. The molecule has 5 heteroatoms. The molecule has 4 nitrogen and oxygen atoms in total. The van der Waals surface area contributed by atoms with E-state index < -0.39 is 10.0 Å². The molecule has 0 radical (unpaired) electrons. The van der Waals surface area contributed by atoms with Gasteiger partial charge in [0.15, 0.2) is 0 Å². The maximum atomic E-state index is 11.9. The Morgan fingerprint density at radius 2 is 2.00 bits per heavy atom. The Kier molecular flexibility index (Phi) is 4.16. The third-order valence-corrected chi connectivity index (χ3v) is 5.52. The van der Waals surface area contributed by atoms with E-state index in [1.54, 1.807) is 6.07 Å². The molecule has 0 bridgehead atoms. The Balaban J connectivity index is 2.26. The lowest BCUT2D eigenvalue weighted by molar-refractivity contribution is 0.556. The summed E-state index contributed by atoms with van der Waals surface area (Å²) in [6.45, 7) is 4.05. The Hall–Kier alpha value is -1.07. The fourth-order valence-electron chi connectivity index (χ4n) is 2.66. The van der Waals surface area contributed by atoms with Gasteiger partial charge >= 0.3 is 0 Å². The van der Waals surface area contributed by atoms with Gasteiger partial charge in [-0.1, -0.05) is 19.4 Å². The Morgan fingerprint density at radius 1 is 1.26 bits per heavy atom. The van der Waals surface area contributed by atoms with E-state index in [-0.39, 0.29) is 0 Å². The van der Waals surface area contributed by atoms with Crippen molar-refractivity contribution in [2.45, 2.75) is 44.0 Å². The molecular formula is C14H22N2O2S. The standard InChI is InChI=1S/C14H22N2O2S/c1-10-5-4-6-13(10)16-12-8-7-11(2)14(9-12)19(17,18)15-3/h7-10,13,15-16H,4-6H2,1-3H3. The second-order valence-electron chi connectivity index (χ2n) is 5.35. The van der Waals surface area contributed by atoms with Crippen molar-refractivity contribution in [2.75, 3.05) is 12.4 Å². The molecule has 2 atom stereocenters. The highest BCUT2D eigenvalue weighted by molar-refractivity contribution is 7.89. The number of aryl methyl sites for hydroxylation is 1. The molecule has 1 aliphatic carbocycles. The molecule has 0 saturated heterocycles. The van der Waals surface area contributed by atoms with Crippen molar-refractivity contribution in [3.05, 3.63) is 23.8 Å². The predicted molar refractivity (Wildman–Crippen MR) is 77.9 cm³/mol. The highest BCUT2D eigenvalue weighted by atomic mass is 32.2. The molecule has 1 aliphatic rings. The van der Waals surface area contributed by atoms with Crippen LogP contribution in [-0.4, -0.2) is 21.5 Å². The molecule has 2 rings (SSSR count). The van der Waals surface area contributed by atoms with Crippen LogP contribution >= 0.6 is 0 Å². The number of hydrogen-bond acceptors (Lipinski definition) is 3. The molecule has 0 spiro atoms. The summed E-state index contributed by atoms with van der Waals surface area (Å²) in [4.78, 5) is 0.352. The first-order chi connectivity index (χ1) is 8.94. The molecule has 2 unspecified atom stereocenters. The van der Waals surface area contributed by atoms with Crippen molar-refractivity contribution in [1.82, 2.24) is 4.72 Å². The molecule has 0 aromatic heterocycles. The maximum Gasteiger partial charge on any atom is 0.240 e. The van der Waals surface area contributed by atoms with Crippen molar-refractivity contribution < 1.29 is 8.42 Å². The van der Waals surface area contributed by atoms with E-state index in [0.717, 1.165) is 17.7 Å². The van der Waals surface area contributed by atoms with E-state index in [1.807, 2.05) is 19.1 Å². The minimum absolute atomic E-state index is 0.352. The molecule has 106 valence electrons. The van der Waals surface area contributed by atoms with Gasteiger partial charge in [-0.15, -0.1) is 0 Å². The number of rotatable bonds is 4.